The Morgan fingerprint density at radius 1 is 1.25 bits per heavy atom. The van der Waals surface area contributed by atoms with Gasteiger partial charge in [-0.2, -0.15) is 0 Å². The van der Waals surface area contributed by atoms with Crippen LogP contribution in [0.25, 0.3) is 0 Å². The first-order valence-corrected chi connectivity index (χ1v) is 9.48. The highest BCUT2D eigenvalue weighted by Crippen LogP contribution is 2.17. The minimum Gasteiger partial charge on any atom is -0.361 e. The summed E-state index contributed by atoms with van der Waals surface area (Å²) in [7, 11) is -3.50. The number of anilines is 1. The summed E-state index contributed by atoms with van der Waals surface area (Å²) in [5, 5.41) is 18.3. The summed E-state index contributed by atoms with van der Waals surface area (Å²) in [6, 6.07) is 9.09. The van der Waals surface area contributed by atoms with Crippen LogP contribution in [0.2, 0.25) is 0 Å². The number of rotatable bonds is 7. The maximum atomic E-state index is 11.9. The Hall–Kier alpha value is -2.08. The predicted molar refractivity (Wildman–Crippen MR) is 96.8 cm³/mol. The van der Waals surface area contributed by atoms with Crippen molar-refractivity contribution in [3.05, 3.63) is 51.9 Å². The van der Waals surface area contributed by atoms with E-state index in [9.17, 15) is 18.5 Å². The molecule has 0 spiro atoms. The lowest BCUT2D eigenvalue weighted by molar-refractivity contribution is -0.384. The average Bonchev–Trinajstić information content (AvgIpc) is 3.07. The van der Waals surface area contributed by atoms with Crippen molar-refractivity contribution in [3.8, 4) is 0 Å². The zero-order valence-electron chi connectivity index (χ0n) is 12.3. The monoisotopic (exact) mass is 386 g/mol. The quantitative estimate of drug-likeness (QED) is 0.288. The Labute approximate surface area is 148 Å². The minimum atomic E-state index is -3.50. The SMILES string of the molecule is O=[N+]([O-])c1cccc(NC(=S)NCCNS(=O)(=O)c2cccs2)c1. The van der Waals surface area contributed by atoms with E-state index in [-0.39, 0.29) is 28.1 Å². The van der Waals surface area contributed by atoms with Crippen molar-refractivity contribution in [1.82, 2.24) is 10.0 Å². The van der Waals surface area contributed by atoms with Crippen molar-refractivity contribution in [2.75, 3.05) is 18.4 Å². The number of hydrogen-bond acceptors (Lipinski definition) is 6. The molecule has 0 aliphatic rings. The standard InChI is InChI=1S/C13H14N4O4S3/c18-17(19)11-4-1-3-10(9-11)16-13(22)14-6-7-15-24(20,21)12-5-2-8-23-12/h1-5,8-9,15H,6-7H2,(H2,14,16,22). The molecular formula is C13H14N4O4S3. The largest absolute Gasteiger partial charge is 0.361 e. The molecule has 0 atom stereocenters. The summed E-state index contributed by atoms with van der Waals surface area (Å²) < 4.78 is 26.5. The fourth-order valence-electron chi connectivity index (χ4n) is 1.72. The van der Waals surface area contributed by atoms with Crippen LogP contribution in [0.15, 0.2) is 46.0 Å². The van der Waals surface area contributed by atoms with Gasteiger partial charge in [-0.25, -0.2) is 13.1 Å². The number of nitrogens with one attached hydrogen (secondary N) is 3. The van der Waals surface area contributed by atoms with E-state index in [2.05, 4.69) is 15.4 Å². The number of hydrogen-bond donors (Lipinski definition) is 3. The maximum absolute atomic E-state index is 11.9. The highest BCUT2D eigenvalue weighted by molar-refractivity contribution is 7.91. The summed E-state index contributed by atoms with van der Waals surface area (Å²) >= 11 is 6.20. The van der Waals surface area contributed by atoms with E-state index < -0.39 is 14.9 Å². The molecule has 3 N–H and O–H groups in total. The predicted octanol–water partition coefficient (Wildman–Crippen LogP) is 1.92. The third kappa shape index (κ3) is 5.23. The number of thiophene rings is 1. The van der Waals surface area contributed by atoms with Gasteiger partial charge in [0.2, 0.25) is 10.0 Å². The first-order chi connectivity index (χ1) is 11.4. The van der Waals surface area contributed by atoms with Gasteiger partial charge in [0.05, 0.1) is 4.92 Å². The Kier molecular flexibility index (Phi) is 6.20. The van der Waals surface area contributed by atoms with Gasteiger partial charge in [-0.05, 0) is 29.7 Å². The molecule has 0 fully saturated rings. The van der Waals surface area contributed by atoms with Crippen LogP contribution in [-0.2, 0) is 10.0 Å². The molecule has 128 valence electrons. The van der Waals surface area contributed by atoms with E-state index >= 15 is 0 Å². The Bertz CT molecular complexity index is 822. The number of non-ortho nitro benzene ring substituents is 1. The molecule has 2 aromatic rings. The molecule has 0 saturated carbocycles. The molecule has 11 heteroatoms. The van der Waals surface area contributed by atoms with Gasteiger partial charge in [0.25, 0.3) is 5.69 Å². The Morgan fingerprint density at radius 2 is 2.04 bits per heavy atom. The van der Waals surface area contributed by atoms with Gasteiger partial charge in [0.1, 0.15) is 4.21 Å². The zero-order valence-corrected chi connectivity index (χ0v) is 14.7. The summed E-state index contributed by atoms with van der Waals surface area (Å²) in [6.07, 6.45) is 0. The van der Waals surface area contributed by atoms with Crippen molar-refractivity contribution < 1.29 is 13.3 Å². The van der Waals surface area contributed by atoms with Crippen molar-refractivity contribution in [3.63, 3.8) is 0 Å². The van der Waals surface area contributed by atoms with Gasteiger partial charge >= 0.3 is 0 Å². The van der Waals surface area contributed by atoms with Crippen LogP contribution in [0.3, 0.4) is 0 Å². The minimum absolute atomic E-state index is 0.0495. The van der Waals surface area contributed by atoms with E-state index in [1.165, 1.54) is 24.3 Å². The van der Waals surface area contributed by atoms with Crippen LogP contribution in [0.4, 0.5) is 11.4 Å². The highest BCUT2D eigenvalue weighted by Gasteiger charge is 2.13. The average molecular weight is 386 g/mol. The molecule has 24 heavy (non-hydrogen) atoms. The van der Waals surface area contributed by atoms with Gasteiger partial charge in [-0.15, -0.1) is 11.3 Å². The maximum Gasteiger partial charge on any atom is 0.271 e. The smallest absolute Gasteiger partial charge is 0.271 e. The van der Waals surface area contributed by atoms with Crippen molar-refractivity contribution in [2.24, 2.45) is 0 Å². The first kappa shape index (κ1) is 18.3. The van der Waals surface area contributed by atoms with E-state index in [0.717, 1.165) is 11.3 Å². The number of benzene rings is 1. The summed E-state index contributed by atoms with van der Waals surface area (Å²) in [6.45, 7) is 0.419. The number of nitrogens with zero attached hydrogens (tertiary/aromatic N) is 1. The van der Waals surface area contributed by atoms with E-state index in [0.29, 0.717) is 5.69 Å². The molecule has 0 aliphatic carbocycles. The molecule has 0 aliphatic heterocycles. The number of thiocarbonyl (C=S) groups is 1. The molecule has 1 aromatic heterocycles. The molecule has 0 bridgehead atoms. The third-order valence-corrected chi connectivity index (χ3v) is 5.88. The lowest BCUT2D eigenvalue weighted by Crippen LogP contribution is -2.36. The van der Waals surface area contributed by atoms with Crippen molar-refractivity contribution in [2.45, 2.75) is 4.21 Å². The van der Waals surface area contributed by atoms with Crippen LogP contribution in [0, 0.1) is 10.1 Å². The molecular weight excluding hydrogens is 372 g/mol. The second-order valence-corrected chi connectivity index (χ2v) is 7.87. The van der Waals surface area contributed by atoms with E-state index in [1.807, 2.05) is 0 Å². The normalized spacial score (nSPS) is 11.0. The molecule has 2 rings (SSSR count). The Morgan fingerprint density at radius 3 is 2.71 bits per heavy atom. The second-order valence-electron chi connectivity index (χ2n) is 4.52. The highest BCUT2D eigenvalue weighted by atomic mass is 32.2. The van der Waals surface area contributed by atoms with Crippen LogP contribution in [0.1, 0.15) is 0 Å². The number of nitro groups is 1. The van der Waals surface area contributed by atoms with Gasteiger partial charge < -0.3 is 10.6 Å². The van der Waals surface area contributed by atoms with Gasteiger partial charge in [0.15, 0.2) is 5.11 Å². The molecule has 8 nitrogen and oxygen atoms in total. The van der Waals surface area contributed by atoms with Gasteiger partial charge in [-0.1, -0.05) is 12.1 Å². The third-order valence-electron chi connectivity index (χ3n) is 2.78. The topological polar surface area (TPSA) is 113 Å². The van der Waals surface area contributed by atoms with Crippen molar-refractivity contribution in [1.29, 1.82) is 0 Å². The molecule has 1 aromatic carbocycles. The molecule has 0 unspecified atom stereocenters. The van der Waals surface area contributed by atoms with E-state index in [4.69, 9.17) is 12.2 Å². The molecule has 0 radical (unpaired) electrons. The lowest BCUT2D eigenvalue weighted by atomic mass is 10.3. The van der Waals surface area contributed by atoms with E-state index in [1.54, 1.807) is 17.5 Å². The van der Waals surface area contributed by atoms with Gasteiger partial charge in [-0.3, -0.25) is 10.1 Å². The zero-order chi connectivity index (χ0) is 17.6. The fraction of sp³-hybridized carbons (Fsp3) is 0.154. The first-order valence-electron chi connectivity index (χ1n) is 6.71. The summed E-state index contributed by atoms with van der Waals surface area (Å²) in [5.41, 5.74) is 0.423. The fourth-order valence-corrected chi connectivity index (χ4v) is 4.01. The van der Waals surface area contributed by atoms with Gasteiger partial charge in [0, 0.05) is 30.9 Å². The number of sulfonamides is 1. The molecule has 0 amide bonds. The summed E-state index contributed by atoms with van der Waals surface area (Å²) in [5.74, 6) is 0. The summed E-state index contributed by atoms with van der Waals surface area (Å²) in [4.78, 5) is 10.2. The van der Waals surface area contributed by atoms with Crippen molar-refractivity contribution >= 4 is 50.1 Å². The lowest BCUT2D eigenvalue weighted by Gasteiger charge is -2.11. The van der Waals surface area contributed by atoms with Crippen LogP contribution < -0.4 is 15.4 Å². The molecule has 0 saturated heterocycles. The molecule has 1 heterocycles. The van der Waals surface area contributed by atoms with Crippen LogP contribution in [0.5, 0.6) is 0 Å². The second kappa shape index (κ2) is 8.15. The van der Waals surface area contributed by atoms with Crippen LogP contribution >= 0.6 is 23.6 Å². The van der Waals surface area contributed by atoms with Crippen LogP contribution in [-0.4, -0.2) is 31.5 Å². The Balaban J connectivity index is 1.78. The number of nitro benzene ring substituents is 1.